The molecule has 0 spiro atoms. The van der Waals surface area contributed by atoms with Crippen LogP contribution in [0.4, 0.5) is 0 Å². The Balaban J connectivity index is 1.37. The zero-order chi connectivity index (χ0) is 24.5. The fraction of sp³-hybridized carbons (Fsp3) is 0.333. The molecule has 5 rings (SSSR count). The van der Waals surface area contributed by atoms with Crippen molar-refractivity contribution < 1.29 is 19.4 Å². The zero-order valence-corrected chi connectivity index (χ0v) is 20.9. The van der Waals surface area contributed by atoms with E-state index in [-0.39, 0.29) is 12.0 Å². The number of benzene rings is 2. The Kier molecular flexibility index (Phi) is 6.87. The van der Waals surface area contributed by atoms with Gasteiger partial charge in [0.2, 0.25) is 11.8 Å². The summed E-state index contributed by atoms with van der Waals surface area (Å²) in [5.74, 6) is -0.330. The van der Waals surface area contributed by atoms with Gasteiger partial charge in [0.15, 0.2) is 0 Å². The highest BCUT2D eigenvalue weighted by Gasteiger charge is 2.30. The Labute approximate surface area is 214 Å². The largest absolute Gasteiger partial charge is 0.481 e. The topological polar surface area (TPSA) is 71.9 Å². The van der Waals surface area contributed by atoms with Crippen molar-refractivity contribution in [1.29, 1.82) is 0 Å². The van der Waals surface area contributed by atoms with E-state index < -0.39 is 5.97 Å². The number of likely N-dealkylation sites (tertiary alicyclic amines) is 1. The van der Waals surface area contributed by atoms with Crippen molar-refractivity contribution in [3.63, 3.8) is 0 Å². The van der Waals surface area contributed by atoms with Crippen LogP contribution in [0, 0.1) is 5.92 Å². The summed E-state index contributed by atoms with van der Waals surface area (Å²) in [6, 6.07) is 15.9. The maximum Gasteiger partial charge on any atom is 0.307 e. The van der Waals surface area contributed by atoms with Crippen LogP contribution < -0.4 is 9.47 Å². The predicted molar refractivity (Wildman–Crippen MR) is 135 cm³/mol. The molecular weight excluding hydrogens is 487 g/mol. The van der Waals surface area contributed by atoms with Gasteiger partial charge in [0.25, 0.3) is 0 Å². The van der Waals surface area contributed by atoms with Crippen molar-refractivity contribution in [2.24, 2.45) is 5.92 Å². The van der Waals surface area contributed by atoms with Crippen LogP contribution in [0.2, 0.25) is 10.0 Å². The van der Waals surface area contributed by atoms with Crippen LogP contribution in [0.15, 0.2) is 48.5 Å². The summed E-state index contributed by atoms with van der Waals surface area (Å²) < 4.78 is 11.9. The van der Waals surface area contributed by atoms with E-state index in [4.69, 9.17) is 32.7 Å². The Morgan fingerprint density at radius 1 is 1.09 bits per heavy atom. The lowest BCUT2D eigenvalue weighted by Gasteiger charge is -2.20. The number of aromatic nitrogens is 1. The van der Waals surface area contributed by atoms with E-state index in [0.717, 1.165) is 40.1 Å². The first-order valence-electron chi connectivity index (χ1n) is 11.7. The van der Waals surface area contributed by atoms with Crippen molar-refractivity contribution in [3.8, 4) is 22.9 Å². The zero-order valence-electron chi connectivity index (χ0n) is 19.3. The molecule has 1 saturated heterocycles. The third kappa shape index (κ3) is 4.83. The van der Waals surface area contributed by atoms with Crippen molar-refractivity contribution >= 4 is 29.2 Å². The second-order valence-corrected chi connectivity index (χ2v) is 9.82. The lowest BCUT2D eigenvalue weighted by atomic mass is 9.97. The lowest BCUT2D eigenvalue weighted by Crippen LogP contribution is -2.23. The standard InChI is InChI=1S/C27H26Cl2N2O4/c1-34-25-17(15-31-12-11-16(14-31)27(32)33)13-23(29)26(30-25)35-24-10-9-19-18(6-4-7-21(19)24)20-5-2-3-8-22(20)28/h2-8,13,16,24H,9-12,14-15H2,1H3,(H,32,33)/t16-,24+/m1/s1. The minimum atomic E-state index is -0.756. The van der Waals surface area contributed by atoms with Gasteiger partial charge in [0.1, 0.15) is 11.1 Å². The second kappa shape index (κ2) is 10.1. The van der Waals surface area contributed by atoms with E-state index >= 15 is 0 Å². The second-order valence-electron chi connectivity index (χ2n) is 9.00. The van der Waals surface area contributed by atoms with Gasteiger partial charge in [-0.05, 0) is 54.6 Å². The number of fused-ring (bicyclic) bond motifs is 1. The van der Waals surface area contributed by atoms with Crippen LogP contribution in [-0.2, 0) is 17.8 Å². The third-order valence-electron chi connectivity index (χ3n) is 6.83. The van der Waals surface area contributed by atoms with E-state index in [2.05, 4.69) is 22.0 Å². The summed E-state index contributed by atoms with van der Waals surface area (Å²) in [5, 5.41) is 10.4. The van der Waals surface area contributed by atoms with E-state index in [1.807, 2.05) is 36.4 Å². The van der Waals surface area contributed by atoms with E-state index in [1.165, 1.54) is 5.56 Å². The highest BCUT2D eigenvalue weighted by molar-refractivity contribution is 6.33. The number of aliphatic carboxylic acids is 1. The molecule has 8 heteroatoms. The first kappa shape index (κ1) is 23.9. The molecular formula is C27H26Cl2N2O4. The van der Waals surface area contributed by atoms with Crippen molar-refractivity contribution in [1.82, 2.24) is 9.88 Å². The van der Waals surface area contributed by atoms with E-state index in [1.54, 1.807) is 7.11 Å². The quantitative estimate of drug-likeness (QED) is 0.416. The van der Waals surface area contributed by atoms with Gasteiger partial charge in [-0.1, -0.05) is 59.6 Å². The molecule has 2 heterocycles. The third-order valence-corrected chi connectivity index (χ3v) is 7.43. The molecule has 1 aliphatic heterocycles. The van der Waals surface area contributed by atoms with Crippen LogP contribution in [0.1, 0.15) is 35.6 Å². The molecule has 1 N–H and O–H groups in total. The van der Waals surface area contributed by atoms with Gasteiger partial charge in [-0.2, -0.15) is 4.98 Å². The summed E-state index contributed by atoms with van der Waals surface area (Å²) in [5.41, 5.74) is 5.29. The average molecular weight is 513 g/mol. The molecule has 2 aromatic carbocycles. The molecule has 0 bridgehead atoms. The number of ether oxygens (including phenoxy) is 2. The van der Waals surface area contributed by atoms with Crippen LogP contribution in [0.5, 0.6) is 11.8 Å². The fourth-order valence-electron chi connectivity index (χ4n) is 5.09. The Morgan fingerprint density at radius 3 is 2.63 bits per heavy atom. The summed E-state index contributed by atoms with van der Waals surface area (Å²) in [7, 11) is 1.56. The molecule has 1 fully saturated rings. The highest BCUT2D eigenvalue weighted by Crippen LogP contribution is 2.43. The van der Waals surface area contributed by atoms with Crippen LogP contribution in [0.3, 0.4) is 0 Å². The number of carboxylic acids is 1. The first-order chi connectivity index (χ1) is 16.9. The van der Waals surface area contributed by atoms with E-state index in [0.29, 0.717) is 42.8 Å². The summed E-state index contributed by atoms with van der Waals surface area (Å²) in [4.78, 5) is 17.9. The summed E-state index contributed by atoms with van der Waals surface area (Å²) in [6.07, 6.45) is 2.14. The number of pyridine rings is 1. The molecule has 3 aromatic rings. The lowest BCUT2D eigenvalue weighted by molar-refractivity contribution is -0.141. The fourth-order valence-corrected chi connectivity index (χ4v) is 5.55. The number of halogens is 2. The minimum Gasteiger partial charge on any atom is -0.481 e. The van der Waals surface area contributed by atoms with Gasteiger partial charge >= 0.3 is 5.97 Å². The Morgan fingerprint density at radius 2 is 1.89 bits per heavy atom. The molecule has 1 aromatic heterocycles. The molecule has 2 aliphatic rings. The molecule has 182 valence electrons. The molecule has 2 atom stereocenters. The minimum absolute atomic E-state index is 0.178. The molecule has 0 radical (unpaired) electrons. The van der Waals surface area contributed by atoms with E-state index in [9.17, 15) is 9.90 Å². The van der Waals surface area contributed by atoms with Gasteiger partial charge in [0.05, 0.1) is 13.0 Å². The van der Waals surface area contributed by atoms with Crippen molar-refractivity contribution in [2.75, 3.05) is 20.2 Å². The molecule has 6 nitrogen and oxygen atoms in total. The average Bonchev–Trinajstić information content (AvgIpc) is 3.48. The number of hydrogen-bond acceptors (Lipinski definition) is 5. The highest BCUT2D eigenvalue weighted by atomic mass is 35.5. The number of methoxy groups -OCH3 is 1. The van der Waals surface area contributed by atoms with Gasteiger partial charge in [0, 0.05) is 29.2 Å². The van der Waals surface area contributed by atoms with Crippen LogP contribution in [-0.4, -0.2) is 41.2 Å². The molecule has 1 aliphatic carbocycles. The number of carboxylic acid groups (broad SMARTS) is 1. The maximum absolute atomic E-state index is 11.3. The predicted octanol–water partition coefficient (Wildman–Crippen LogP) is 6.04. The summed E-state index contributed by atoms with van der Waals surface area (Å²) >= 11 is 13.1. The van der Waals surface area contributed by atoms with Crippen molar-refractivity contribution in [3.05, 3.63) is 75.3 Å². The molecule has 0 unspecified atom stereocenters. The van der Waals surface area contributed by atoms with Crippen LogP contribution >= 0.6 is 23.2 Å². The molecule has 0 saturated carbocycles. The SMILES string of the molecule is COc1nc(O[C@H]2CCc3c(-c4ccccc4Cl)cccc32)c(Cl)cc1CN1CC[C@@H](C(=O)O)C1. The van der Waals surface area contributed by atoms with Gasteiger partial charge < -0.3 is 14.6 Å². The number of carbonyl (C=O) groups is 1. The first-order valence-corrected chi connectivity index (χ1v) is 12.4. The van der Waals surface area contributed by atoms with Crippen molar-refractivity contribution in [2.45, 2.75) is 31.9 Å². The monoisotopic (exact) mass is 512 g/mol. The Hall–Kier alpha value is -2.80. The number of nitrogens with zero attached hydrogens (tertiary/aromatic N) is 2. The Bertz CT molecular complexity index is 1270. The van der Waals surface area contributed by atoms with Gasteiger partial charge in [-0.15, -0.1) is 0 Å². The molecule has 35 heavy (non-hydrogen) atoms. The van der Waals surface area contributed by atoms with Gasteiger partial charge in [-0.3, -0.25) is 9.69 Å². The maximum atomic E-state index is 11.3. The summed E-state index contributed by atoms with van der Waals surface area (Å²) in [6.45, 7) is 1.73. The van der Waals surface area contributed by atoms with Crippen LogP contribution in [0.25, 0.3) is 11.1 Å². The normalized spacial score (nSPS) is 19.5. The smallest absolute Gasteiger partial charge is 0.307 e. The number of rotatable bonds is 7. The molecule has 0 amide bonds. The number of hydrogen-bond donors (Lipinski definition) is 1. The van der Waals surface area contributed by atoms with Gasteiger partial charge in [-0.25, -0.2) is 0 Å².